The van der Waals surface area contributed by atoms with Crippen LogP contribution in [0.3, 0.4) is 0 Å². The number of hydrogen-bond donors (Lipinski definition) is 2. The van der Waals surface area contributed by atoms with Crippen molar-refractivity contribution in [2.45, 2.75) is 69.9 Å². The van der Waals surface area contributed by atoms with E-state index in [4.69, 9.17) is 0 Å². The van der Waals surface area contributed by atoms with Crippen LogP contribution >= 0.6 is 0 Å². The molecule has 162 valence electrons. The fourth-order valence-corrected chi connectivity index (χ4v) is 5.09. The molecule has 1 aromatic carbocycles. The minimum absolute atomic E-state index is 0.127. The zero-order chi connectivity index (χ0) is 21.1. The molecule has 7 heteroatoms. The zero-order valence-electron chi connectivity index (χ0n) is 17.8. The summed E-state index contributed by atoms with van der Waals surface area (Å²) in [5, 5.41) is 5.85. The topological polar surface area (TPSA) is 81.8 Å². The fraction of sp³-hybridized carbons (Fsp3) is 0.609. The van der Waals surface area contributed by atoms with Crippen molar-refractivity contribution < 1.29 is 14.4 Å². The first-order chi connectivity index (χ1) is 14.5. The Balaban J connectivity index is 1.25. The SMILES string of the molecule is C[C@H]1CCc2ccccc2N1CCNC(=O)CCN1C(=O)NC2(CCCCC2)C1=O. The van der Waals surface area contributed by atoms with Crippen LogP contribution in [0.15, 0.2) is 24.3 Å². The molecule has 4 rings (SSSR count). The lowest BCUT2D eigenvalue weighted by molar-refractivity contribution is -0.132. The van der Waals surface area contributed by atoms with E-state index in [0.717, 1.165) is 38.6 Å². The molecule has 2 N–H and O–H groups in total. The summed E-state index contributed by atoms with van der Waals surface area (Å²) in [6.45, 7) is 3.65. The third-order valence-corrected chi connectivity index (χ3v) is 6.85. The lowest BCUT2D eigenvalue weighted by Gasteiger charge is -2.37. The Kier molecular flexibility index (Phi) is 5.97. The van der Waals surface area contributed by atoms with Crippen molar-refractivity contribution in [2.75, 3.05) is 24.5 Å². The second-order valence-corrected chi connectivity index (χ2v) is 8.84. The van der Waals surface area contributed by atoms with E-state index >= 15 is 0 Å². The molecule has 0 radical (unpaired) electrons. The highest BCUT2D eigenvalue weighted by Crippen LogP contribution is 2.33. The number of aryl methyl sites for hydroxylation is 1. The molecule has 1 atom stereocenters. The molecule has 2 fully saturated rings. The first-order valence-corrected chi connectivity index (χ1v) is 11.3. The van der Waals surface area contributed by atoms with E-state index in [-0.39, 0.29) is 30.8 Å². The molecule has 1 saturated carbocycles. The van der Waals surface area contributed by atoms with Gasteiger partial charge in [0.1, 0.15) is 5.54 Å². The van der Waals surface area contributed by atoms with Gasteiger partial charge in [0.15, 0.2) is 0 Å². The molecule has 3 aliphatic rings. The number of anilines is 1. The summed E-state index contributed by atoms with van der Waals surface area (Å²) in [6, 6.07) is 8.53. The van der Waals surface area contributed by atoms with Crippen LogP contribution in [0.4, 0.5) is 10.5 Å². The van der Waals surface area contributed by atoms with Gasteiger partial charge < -0.3 is 15.5 Å². The Hall–Kier alpha value is -2.57. The Morgan fingerprint density at radius 3 is 2.73 bits per heavy atom. The van der Waals surface area contributed by atoms with Crippen molar-refractivity contribution in [3.63, 3.8) is 0 Å². The van der Waals surface area contributed by atoms with E-state index in [2.05, 4.69) is 46.7 Å². The summed E-state index contributed by atoms with van der Waals surface area (Å²) >= 11 is 0. The fourth-order valence-electron chi connectivity index (χ4n) is 5.09. The van der Waals surface area contributed by atoms with E-state index in [9.17, 15) is 14.4 Å². The van der Waals surface area contributed by atoms with E-state index < -0.39 is 5.54 Å². The number of rotatable bonds is 6. The van der Waals surface area contributed by atoms with Crippen LogP contribution in [-0.4, -0.2) is 54.0 Å². The van der Waals surface area contributed by atoms with E-state index in [1.165, 1.54) is 16.2 Å². The number of imide groups is 1. The molecule has 30 heavy (non-hydrogen) atoms. The number of para-hydroxylation sites is 1. The summed E-state index contributed by atoms with van der Waals surface area (Å²) in [5.41, 5.74) is 1.89. The van der Waals surface area contributed by atoms with E-state index in [1.54, 1.807) is 0 Å². The van der Waals surface area contributed by atoms with Gasteiger partial charge in [0.2, 0.25) is 5.91 Å². The number of nitrogens with one attached hydrogen (secondary N) is 2. The van der Waals surface area contributed by atoms with Gasteiger partial charge in [-0.25, -0.2) is 4.79 Å². The van der Waals surface area contributed by atoms with Crippen molar-refractivity contribution in [3.8, 4) is 0 Å². The van der Waals surface area contributed by atoms with E-state index in [0.29, 0.717) is 25.4 Å². The van der Waals surface area contributed by atoms with Crippen LogP contribution in [-0.2, 0) is 16.0 Å². The van der Waals surface area contributed by atoms with Crippen molar-refractivity contribution in [3.05, 3.63) is 29.8 Å². The van der Waals surface area contributed by atoms with Crippen LogP contribution in [0.1, 0.15) is 57.4 Å². The molecule has 2 heterocycles. The molecule has 1 spiro atoms. The minimum atomic E-state index is -0.719. The van der Waals surface area contributed by atoms with Crippen LogP contribution in [0.25, 0.3) is 0 Å². The lowest BCUT2D eigenvalue weighted by atomic mass is 9.82. The Morgan fingerprint density at radius 2 is 1.93 bits per heavy atom. The molecule has 4 amide bonds. The number of amides is 4. The predicted octanol–water partition coefficient (Wildman–Crippen LogP) is 2.59. The van der Waals surface area contributed by atoms with Gasteiger partial charge in [0.05, 0.1) is 0 Å². The number of hydrogen-bond acceptors (Lipinski definition) is 4. The average molecular weight is 413 g/mol. The highest BCUT2D eigenvalue weighted by atomic mass is 16.2. The van der Waals surface area contributed by atoms with Gasteiger partial charge in [-0.2, -0.15) is 0 Å². The molecule has 0 bridgehead atoms. The summed E-state index contributed by atoms with van der Waals surface area (Å²) in [4.78, 5) is 41.0. The molecule has 0 unspecified atom stereocenters. The summed E-state index contributed by atoms with van der Waals surface area (Å²) in [6.07, 6.45) is 6.77. The third-order valence-electron chi connectivity index (χ3n) is 6.85. The molecular weight excluding hydrogens is 380 g/mol. The van der Waals surface area contributed by atoms with Crippen LogP contribution in [0, 0.1) is 0 Å². The quantitative estimate of drug-likeness (QED) is 0.704. The second-order valence-electron chi connectivity index (χ2n) is 8.84. The highest BCUT2D eigenvalue weighted by Gasteiger charge is 2.51. The summed E-state index contributed by atoms with van der Waals surface area (Å²) in [7, 11) is 0. The molecule has 7 nitrogen and oxygen atoms in total. The Bertz CT molecular complexity index is 818. The van der Waals surface area contributed by atoms with Crippen molar-refractivity contribution in [2.24, 2.45) is 0 Å². The Morgan fingerprint density at radius 1 is 1.17 bits per heavy atom. The second kappa shape index (κ2) is 8.66. The highest BCUT2D eigenvalue weighted by molar-refractivity contribution is 6.07. The zero-order valence-corrected chi connectivity index (χ0v) is 17.8. The van der Waals surface area contributed by atoms with Gasteiger partial charge in [-0.1, -0.05) is 37.5 Å². The molecule has 1 aromatic rings. The molecule has 1 aliphatic carbocycles. The molecule has 0 aromatic heterocycles. The van der Waals surface area contributed by atoms with Gasteiger partial charge >= 0.3 is 6.03 Å². The number of urea groups is 1. The van der Waals surface area contributed by atoms with Crippen molar-refractivity contribution in [1.82, 2.24) is 15.5 Å². The van der Waals surface area contributed by atoms with E-state index in [1.807, 2.05) is 0 Å². The maximum Gasteiger partial charge on any atom is 0.325 e. The predicted molar refractivity (Wildman–Crippen MR) is 115 cm³/mol. The van der Waals surface area contributed by atoms with Crippen LogP contribution in [0.2, 0.25) is 0 Å². The maximum atomic E-state index is 12.8. The largest absolute Gasteiger partial charge is 0.367 e. The Labute approximate surface area is 178 Å². The van der Waals surface area contributed by atoms with Crippen molar-refractivity contribution in [1.29, 1.82) is 0 Å². The maximum absolute atomic E-state index is 12.8. The molecule has 1 saturated heterocycles. The van der Waals surface area contributed by atoms with Crippen molar-refractivity contribution >= 4 is 23.5 Å². The standard InChI is InChI=1S/C23H32N4O3/c1-17-9-10-18-7-3-4-8-19(18)26(17)16-14-24-20(28)11-15-27-21(29)23(25-22(27)30)12-5-2-6-13-23/h3-4,7-8,17H,2,5-6,9-16H2,1H3,(H,24,28)(H,25,30)/t17-/m0/s1. The smallest absolute Gasteiger partial charge is 0.325 e. The third kappa shape index (κ3) is 4.02. The first-order valence-electron chi connectivity index (χ1n) is 11.3. The number of carbonyl (C=O) groups excluding carboxylic acids is 3. The van der Waals surface area contributed by atoms with Crippen LogP contribution < -0.4 is 15.5 Å². The summed E-state index contributed by atoms with van der Waals surface area (Å²) in [5.74, 6) is -0.281. The normalized spacial score (nSPS) is 22.8. The summed E-state index contributed by atoms with van der Waals surface area (Å²) < 4.78 is 0. The van der Waals surface area contributed by atoms with Gasteiger partial charge in [-0.15, -0.1) is 0 Å². The number of fused-ring (bicyclic) bond motifs is 1. The van der Waals surface area contributed by atoms with Gasteiger partial charge in [-0.3, -0.25) is 14.5 Å². The van der Waals surface area contributed by atoms with Gasteiger partial charge in [0, 0.05) is 37.8 Å². The van der Waals surface area contributed by atoms with Gasteiger partial charge in [-0.05, 0) is 44.2 Å². The van der Waals surface area contributed by atoms with Gasteiger partial charge in [0.25, 0.3) is 5.91 Å². The number of benzene rings is 1. The monoisotopic (exact) mass is 412 g/mol. The average Bonchev–Trinajstić information content (AvgIpc) is 2.97. The molecule has 2 aliphatic heterocycles. The van der Waals surface area contributed by atoms with Crippen LogP contribution in [0.5, 0.6) is 0 Å². The molecular formula is C23H32N4O3. The number of carbonyl (C=O) groups is 3. The minimum Gasteiger partial charge on any atom is -0.367 e. The first kappa shape index (κ1) is 20.7. The lowest BCUT2D eigenvalue weighted by Crippen LogP contribution is -2.48. The number of nitrogens with zero attached hydrogens (tertiary/aromatic N) is 2.